The van der Waals surface area contributed by atoms with Crippen LogP contribution in [0.2, 0.25) is 0 Å². The number of amides is 1. The second kappa shape index (κ2) is 5.72. The lowest BCUT2D eigenvalue weighted by molar-refractivity contribution is -0.140. The van der Waals surface area contributed by atoms with Gasteiger partial charge in [-0.05, 0) is 12.8 Å². The molecule has 1 aliphatic rings. The molecule has 1 amide bonds. The van der Waals surface area contributed by atoms with E-state index in [0.717, 1.165) is 19.3 Å². The lowest BCUT2D eigenvalue weighted by atomic mass is 10.3. The molecule has 0 aromatic carbocycles. The van der Waals surface area contributed by atoms with Crippen molar-refractivity contribution in [2.45, 2.75) is 45.2 Å². The van der Waals surface area contributed by atoms with Crippen LogP contribution < -0.4 is 0 Å². The molecule has 1 saturated heterocycles. The smallest absolute Gasteiger partial charge is 0.410 e. The molecular formula is C11H19NO4. The Morgan fingerprint density at radius 3 is 2.50 bits per heavy atom. The van der Waals surface area contributed by atoms with E-state index in [1.54, 1.807) is 0 Å². The number of ether oxygens (including phenoxy) is 2. The van der Waals surface area contributed by atoms with E-state index in [9.17, 15) is 9.59 Å². The van der Waals surface area contributed by atoms with Gasteiger partial charge in [-0.25, -0.2) is 9.59 Å². The second-order valence-corrected chi connectivity index (χ2v) is 3.82. The van der Waals surface area contributed by atoms with Crippen molar-refractivity contribution in [2.24, 2.45) is 0 Å². The summed E-state index contributed by atoms with van der Waals surface area (Å²) >= 11 is 0. The molecule has 1 rings (SSSR count). The van der Waals surface area contributed by atoms with E-state index in [-0.39, 0.29) is 12.0 Å². The molecule has 2 unspecified atom stereocenters. The van der Waals surface area contributed by atoms with Crippen molar-refractivity contribution in [2.75, 3.05) is 13.7 Å². The van der Waals surface area contributed by atoms with Gasteiger partial charge >= 0.3 is 12.1 Å². The normalized spacial score (nSPS) is 22.8. The standard InChI is InChI=1S/C11H19NO4/c1-4-6-7-16-11(14)12-8(5-2)9(12)10(13)15-3/h8-9H,4-7H2,1-3H3. The molecule has 0 aliphatic carbocycles. The third kappa shape index (κ3) is 2.65. The first-order valence-electron chi connectivity index (χ1n) is 5.70. The zero-order valence-electron chi connectivity index (χ0n) is 10.1. The van der Waals surface area contributed by atoms with Gasteiger partial charge in [0, 0.05) is 0 Å². The van der Waals surface area contributed by atoms with Crippen LogP contribution in [0.4, 0.5) is 4.79 Å². The van der Waals surface area contributed by atoms with Crippen molar-refractivity contribution in [3.63, 3.8) is 0 Å². The molecule has 0 bridgehead atoms. The zero-order chi connectivity index (χ0) is 12.1. The Labute approximate surface area is 95.7 Å². The molecule has 5 heteroatoms. The number of carbonyl (C=O) groups is 2. The molecule has 92 valence electrons. The number of methoxy groups -OCH3 is 1. The summed E-state index contributed by atoms with van der Waals surface area (Å²) in [6.07, 6.45) is 2.16. The highest BCUT2D eigenvalue weighted by Gasteiger charge is 2.56. The number of nitrogens with zero attached hydrogens (tertiary/aromatic N) is 1. The number of hydrogen-bond donors (Lipinski definition) is 0. The molecule has 0 spiro atoms. The van der Waals surface area contributed by atoms with E-state index in [1.807, 2.05) is 13.8 Å². The minimum absolute atomic E-state index is 0.0541. The van der Waals surface area contributed by atoms with Crippen LogP contribution in [0.25, 0.3) is 0 Å². The maximum Gasteiger partial charge on any atom is 0.410 e. The number of hydrogen-bond acceptors (Lipinski definition) is 4. The van der Waals surface area contributed by atoms with Gasteiger partial charge in [0.1, 0.15) is 0 Å². The highest BCUT2D eigenvalue weighted by molar-refractivity contribution is 5.88. The maximum atomic E-state index is 11.6. The highest BCUT2D eigenvalue weighted by Crippen LogP contribution is 2.32. The van der Waals surface area contributed by atoms with Gasteiger partial charge < -0.3 is 9.47 Å². The van der Waals surface area contributed by atoms with Crippen molar-refractivity contribution in [3.05, 3.63) is 0 Å². The van der Waals surface area contributed by atoms with Gasteiger partial charge in [0.2, 0.25) is 0 Å². The molecule has 0 radical (unpaired) electrons. The fourth-order valence-electron chi connectivity index (χ4n) is 1.72. The van der Waals surface area contributed by atoms with Crippen molar-refractivity contribution < 1.29 is 19.1 Å². The van der Waals surface area contributed by atoms with Gasteiger partial charge in [-0.15, -0.1) is 0 Å². The SMILES string of the molecule is CCCCOC(=O)N1C(CC)C1C(=O)OC. The van der Waals surface area contributed by atoms with E-state index >= 15 is 0 Å². The molecule has 5 nitrogen and oxygen atoms in total. The van der Waals surface area contributed by atoms with Crippen molar-refractivity contribution in [1.82, 2.24) is 4.90 Å². The molecule has 1 fully saturated rings. The third-order valence-corrected chi connectivity index (χ3v) is 2.73. The van der Waals surface area contributed by atoms with Crippen LogP contribution >= 0.6 is 0 Å². The molecule has 1 heterocycles. The minimum Gasteiger partial charge on any atom is -0.467 e. The van der Waals surface area contributed by atoms with Gasteiger partial charge in [-0.2, -0.15) is 0 Å². The average Bonchev–Trinajstić information content (AvgIpc) is 3.02. The largest absolute Gasteiger partial charge is 0.467 e. The van der Waals surface area contributed by atoms with Gasteiger partial charge in [0.15, 0.2) is 6.04 Å². The third-order valence-electron chi connectivity index (χ3n) is 2.73. The Kier molecular flexibility index (Phi) is 4.58. The van der Waals surface area contributed by atoms with Gasteiger partial charge in [-0.1, -0.05) is 20.3 Å². The fraction of sp³-hybridized carbons (Fsp3) is 0.818. The summed E-state index contributed by atoms with van der Waals surface area (Å²) in [5.41, 5.74) is 0. The molecule has 2 atom stereocenters. The number of carbonyl (C=O) groups excluding carboxylic acids is 2. The minimum atomic E-state index is -0.441. The molecule has 0 N–H and O–H groups in total. The van der Waals surface area contributed by atoms with Crippen LogP contribution in [0.5, 0.6) is 0 Å². The first-order valence-corrected chi connectivity index (χ1v) is 5.70. The molecule has 1 aliphatic heterocycles. The summed E-state index contributed by atoms with van der Waals surface area (Å²) in [5, 5.41) is 0. The predicted octanol–water partition coefficient (Wildman–Crippen LogP) is 1.56. The van der Waals surface area contributed by atoms with Gasteiger partial charge in [0.25, 0.3) is 0 Å². The second-order valence-electron chi connectivity index (χ2n) is 3.82. The molecule has 0 saturated carbocycles. The molecule has 16 heavy (non-hydrogen) atoms. The van der Waals surface area contributed by atoms with E-state index < -0.39 is 12.1 Å². The lowest BCUT2D eigenvalue weighted by Crippen LogP contribution is -2.21. The monoisotopic (exact) mass is 229 g/mol. The van der Waals surface area contributed by atoms with Crippen LogP contribution in [0.1, 0.15) is 33.1 Å². The Balaban J connectivity index is 2.41. The molecule has 0 aromatic heterocycles. The number of esters is 1. The first kappa shape index (κ1) is 12.8. The van der Waals surface area contributed by atoms with Crippen LogP contribution in [0.15, 0.2) is 0 Å². The summed E-state index contributed by atoms with van der Waals surface area (Å²) in [6.45, 7) is 4.37. The quantitative estimate of drug-likeness (QED) is 0.408. The van der Waals surface area contributed by atoms with Gasteiger partial charge in [0.05, 0.1) is 19.8 Å². The summed E-state index contributed by atoms with van der Waals surface area (Å²) in [7, 11) is 1.33. The topological polar surface area (TPSA) is 55.6 Å². The van der Waals surface area contributed by atoms with Crippen molar-refractivity contribution >= 4 is 12.1 Å². The van der Waals surface area contributed by atoms with E-state index in [1.165, 1.54) is 12.0 Å². The Hall–Kier alpha value is -1.26. The van der Waals surface area contributed by atoms with Crippen LogP contribution in [0.3, 0.4) is 0 Å². The Morgan fingerprint density at radius 1 is 1.31 bits per heavy atom. The van der Waals surface area contributed by atoms with Crippen molar-refractivity contribution in [3.8, 4) is 0 Å². The highest BCUT2D eigenvalue weighted by atomic mass is 16.6. The van der Waals surface area contributed by atoms with Crippen molar-refractivity contribution in [1.29, 1.82) is 0 Å². The maximum absolute atomic E-state index is 11.6. The summed E-state index contributed by atoms with van der Waals surface area (Å²) in [4.78, 5) is 24.3. The molecular weight excluding hydrogens is 210 g/mol. The molecule has 0 aromatic rings. The fourth-order valence-corrected chi connectivity index (χ4v) is 1.72. The van der Waals surface area contributed by atoms with Crippen LogP contribution in [-0.4, -0.2) is 42.8 Å². The summed E-state index contributed by atoms with van der Waals surface area (Å²) < 4.78 is 9.67. The van der Waals surface area contributed by atoms with E-state index in [2.05, 4.69) is 4.74 Å². The summed E-state index contributed by atoms with van der Waals surface area (Å²) in [5.74, 6) is -0.362. The van der Waals surface area contributed by atoms with E-state index in [4.69, 9.17) is 4.74 Å². The van der Waals surface area contributed by atoms with Gasteiger partial charge in [-0.3, -0.25) is 4.90 Å². The zero-order valence-corrected chi connectivity index (χ0v) is 10.1. The lowest BCUT2D eigenvalue weighted by Gasteiger charge is -2.05. The van der Waals surface area contributed by atoms with E-state index in [0.29, 0.717) is 6.61 Å². The van der Waals surface area contributed by atoms with Crippen LogP contribution in [0, 0.1) is 0 Å². The predicted molar refractivity (Wildman–Crippen MR) is 58.0 cm³/mol. The first-order chi connectivity index (χ1) is 7.67. The van der Waals surface area contributed by atoms with Crippen LogP contribution in [-0.2, 0) is 14.3 Å². The Bertz CT molecular complexity index is 267. The number of unbranched alkanes of at least 4 members (excludes halogenated alkanes) is 1. The Morgan fingerprint density at radius 2 is 2.00 bits per heavy atom. The number of rotatable bonds is 5. The average molecular weight is 229 g/mol. The summed E-state index contributed by atoms with van der Waals surface area (Å²) in [6, 6.07) is -0.495.